The minimum absolute atomic E-state index is 0.411. The number of allylic oxidation sites excluding steroid dienone is 1. The highest BCUT2D eigenvalue weighted by Crippen LogP contribution is 2.44. The Kier molecular flexibility index (Phi) is 4.15. The van der Waals surface area contributed by atoms with Gasteiger partial charge in [0.15, 0.2) is 0 Å². The van der Waals surface area contributed by atoms with Crippen LogP contribution in [-0.2, 0) is 0 Å². The molecule has 1 heterocycles. The van der Waals surface area contributed by atoms with Gasteiger partial charge in [-0.15, -0.1) is 19.7 Å². The monoisotopic (exact) mass is 289 g/mol. The molecule has 0 amide bonds. The zero-order valence-electron chi connectivity index (χ0n) is 13.0. The minimum atomic E-state index is 0.411. The summed E-state index contributed by atoms with van der Waals surface area (Å²) < 4.78 is 0. The average Bonchev–Trinajstić information content (AvgIpc) is 2.54. The molecule has 3 rings (SSSR count). The van der Waals surface area contributed by atoms with E-state index in [-0.39, 0.29) is 0 Å². The predicted molar refractivity (Wildman–Crippen MR) is 97.6 cm³/mol. The van der Waals surface area contributed by atoms with E-state index in [2.05, 4.69) is 61.0 Å². The molecule has 1 nitrogen and oxygen atoms in total. The fourth-order valence-electron chi connectivity index (χ4n) is 3.80. The Balaban J connectivity index is 2.26. The molecule has 22 heavy (non-hydrogen) atoms. The molecule has 1 heteroatoms. The van der Waals surface area contributed by atoms with Gasteiger partial charge in [-0.1, -0.05) is 48.6 Å². The molecule has 2 aromatic rings. The summed E-state index contributed by atoms with van der Waals surface area (Å²) in [6.07, 6.45) is 8.02. The molecule has 2 unspecified atom stereocenters. The van der Waals surface area contributed by atoms with E-state index < -0.39 is 0 Å². The third-order valence-corrected chi connectivity index (χ3v) is 4.64. The normalized spacial score (nSPS) is 19.9. The van der Waals surface area contributed by atoms with Gasteiger partial charge >= 0.3 is 0 Å². The second kappa shape index (κ2) is 6.23. The van der Waals surface area contributed by atoms with E-state index in [1.165, 1.54) is 22.0 Å². The second-order valence-corrected chi connectivity index (χ2v) is 5.89. The molecular weight excluding hydrogens is 266 g/mol. The summed E-state index contributed by atoms with van der Waals surface area (Å²) in [5.74, 6) is 0.453. The molecule has 0 saturated heterocycles. The summed E-state index contributed by atoms with van der Waals surface area (Å²) in [4.78, 5) is 2.48. The zero-order chi connectivity index (χ0) is 15.5. The Hall–Kier alpha value is -2.28. The van der Waals surface area contributed by atoms with E-state index in [0.29, 0.717) is 12.0 Å². The molecule has 2 atom stereocenters. The van der Waals surface area contributed by atoms with Crippen molar-refractivity contribution >= 4 is 16.5 Å². The van der Waals surface area contributed by atoms with Crippen LogP contribution in [0.3, 0.4) is 0 Å². The number of benzene rings is 2. The standard InChI is InChI=1S/C21H23N/c1-4-9-17-18-13-7-11-16-12-8-14-20(21(16)18)22(15-6-3)19(17)10-5-2/h4-8,11-14,17,19H,1-3,9-10,15H2. The summed E-state index contributed by atoms with van der Waals surface area (Å²) in [6, 6.07) is 13.6. The Morgan fingerprint density at radius 1 is 0.909 bits per heavy atom. The maximum Gasteiger partial charge on any atom is 0.0454 e. The zero-order valence-corrected chi connectivity index (χ0v) is 13.0. The van der Waals surface area contributed by atoms with Gasteiger partial charge in [-0.05, 0) is 29.9 Å². The fraction of sp³-hybridized carbons (Fsp3) is 0.238. The molecule has 2 aromatic carbocycles. The highest BCUT2D eigenvalue weighted by atomic mass is 15.2. The van der Waals surface area contributed by atoms with Crippen molar-refractivity contribution in [3.63, 3.8) is 0 Å². The first kappa shape index (κ1) is 14.6. The first-order chi connectivity index (χ1) is 10.8. The molecule has 0 bridgehead atoms. The lowest BCUT2D eigenvalue weighted by Gasteiger charge is -2.43. The van der Waals surface area contributed by atoms with Crippen molar-refractivity contribution < 1.29 is 0 Å². The van der Waals surface area contributed by atoms with Crippen LogP contribution in [0.2, 0.25) is 0 Å². The number of hydrogen-bond donors (Lipinski definition) is 0. The van der Waals surface area contributed by atoms with Crippen LogP contribution in [0.15, 0.2) is 74.4 Å². The van der Waals surface area contributed by atoms with Crippen LogP contribution in [0.25, 0.3) is 10.8 Å². The highest BCUT2D eigenvalue weighted by molar-refractivity contribution is 5.99. The largest absolute Gasteiger partial charge is 0.363 e. The molecule has 1 aliphatic rings. The molecule has 0 N–H and O–H groups in total. The maximum absolute atomic E-state index is 3.98. The van der Waals surface area contributed by atoms with Crippen molar-refractivity contribution in [1.29, 1.82) is 0 Å². The van der Waals surface area contributed by atoms with Crippen LogP contribution in [0.5, 0.6) is 0 Å². The Labute approximate surface area is 133 Å². The molecular formula is C21H23N. The first-order valence-corrected chi connectivity index (χ1v) is 7.92. The Morgan fingerprint density at radius 2 is 1.64 bits per heavy atom. The van der Waals surface area contributed by atoms with Crippen LogP contribution in [-0.4, -0.2) is 12.6 Å². The smallest absolute Gasteiger partial charge is 0.0454 e. The maximum atomic E-state index is 3.98. The molecule has 0 radical (unpaired) electrons. The second-order valence-electron chi connectivity index (χ2n) is 5.89. The minimum Gasteiger partial charge on any atom is -0.363 e. The van der Waals surface area contributed by atoms with Gasteiger partial charge < -0.3 is 4.90 Å². The predicted octanol–water partition coefficient (Wildman–Crippen LogP) is 5.45. The van der Waals surface area contributed by atoms with E-state index in [1.807, 2.05) is 18.2 Å². The van der Waals surface area contributed by atoms with E-state index in [0.717, 1.165) is 19.4 Å². The van der Waals surface area contributed by atoms with Crippen molar-refractivity contribution in [3.05, 3.63) is 79.9 Å². The molecule has 0 aliphatic carbocycles. The Morgan fingerprint density at radius 3 is 2.32 bits per heavy atom. The lowest BCUT2D eigenvalue weighted by atomic mass is 9.79. The van der Waals surface area contributed by atoms with Gasteiger partial charge in [0.25, 0.3) is 0 Å². The highest BCUT2D eigenvalue weighted by Gasteiger charge is 2.33. The summed E-state index contributed by atoms with van der Waals surface area (Å²) in [5, 5.41) is 2.70. The van der Waals surface area contributed by atoms with Gasteiger partial charge in [-0.25, -0.2) is 0 Å². The summed E-state index contributed by atoms with van der Waals surface area (Å²) in [7, 11) is 0. The fourth-order valence-corrected chi connectivity index (χ4v) is 3.80. The lowest BCUT2D eigenvalue weighted by Crippen LogP contribution is -2.42. The Bertz CT molecular complexity index is 660. The molecule has 0 saturated carbocycles. The van der Waals surface area contributed by atoms with Crippen molar-refractivity contribution in [2.45, 2.75) is 24.8 Å². The van der Waals surface area contributed by atoms with Crippen molar-refractivity contribution in [2.75, 3.05) is 11.4 Å². The third-order valence-electron chi connectivity index (χ3n) is 4.64. The third kappa shape index (κ3) is 2.27. The van der Waals surface area contributed by atoms with Crippen LogP contribution >= 0.6 is 0 Å². The van der Waals surface area contributed by atoms with E-state index in [4.69, 9.17) is 0 Å². The summed E-state index contributed by atoms with van der Waals surface area (Å²) in [5.41, 5.74) is 2.76. The van der Waals surface area contributed by atoms with Crippen LogP contribution in [0, 0.1) is 0 Å². The van der Waals surface area contributed by atoms with Crippen LogP contribution < -0.4 is 4.90 Å². The van der Waals surface area contributed by atoms with Crippen LogP contribution in [0.1, 0.15) is 24.3 Å². The number of nitrogens with zero attached hydrogens (tertiary/aromatic N) is 1. The first-order valence-electron chi connectivity index (χ1n) is 7.92. The lowest BCUT2D eigenvalue weighted by molar-refractivity contribution is 0.500. The van der Waals surface area contributed by atoms with Crippen LogP contribution in [0.4, 0.5) is 5.69 Å². The molecule has 1 aliphatic heterocycles. The van der Waals surface area contributed by atoms with E-state index in [1.54, 1.807) is 0 Å². The van der Waals surface area contributed by atoms with Crippen molar-refractivity contribution in [2.24, 2.45) is 0 Å². The van der Waals surface area contributed by atoms with Gasteiger partial charge in [0.05, 0.1) is 0 Å². The number of hydrogen-bond acceptors (Lipinski definition) is 1. The van der Waals surface area contributed by atoms with Gasteiger partial charge in [-0.3, -0.25) is 0 Å². The van der Waals surface area contributed by atoms with Crippen molar-refractivity contribution in [3.8, 4) is 0 Å². The van der Waals surface area contributed by atoms with E-state index in [9.17, 15) is 0 Å². The summed E-state index contributed by atoms with van der Waals surface area (Å²) >= 11 is 0. The SMILES string of the molecule is C=CCC1c2cccc3cccc(c23)N(CC=C)C1CC=C. The van der Waals surface area contributed by atoms with Gasteiger partial charge in [0.1, 0.15) is 0 Å². The van der Waals surface area contributed by atoms with Gasteiger partial charge in [0, 0.05) is 29.6 Å². The average molecular weight is 289 g/mol. The molecule has 0 fully saturated rings. The van der Waals surface area contributed by atoms with Crippen molar-refractivity contribution in [1.82, 2.24) is 0 Å². The quantitative estimate of drug-likeness (QED) is 0.639. The van der Waals surface area contributed by atoms with E-state index >= 15 is 0 Å². The van der Waals surface area contributed by atoms with Gasteiger partial charge in [0.2, 0.25) is 0 Å². The topological polar surface area (TPSA) is 3.24 Å². The number of anilines is 1. The summed E-state index contributed by atoms with van der Waals surface area (Å²) in [6.45, 7) is 12.8. The van der Waals surface area contributed by atoms with Gasteiger partial charge in [-0.2, -0.15) is 0 Å². The molecule has 112 valence electrons. The molecule has 0 spiro atoms. The number of rotatable bonds is 6. The molecule has 0 aromatic heterocycles.